The molecule has 116 valence electrons. The van der Waals surface area contributed by atoms with Crippen LogP contribution in [0.1, 0.15) is 22.3 Å². The Kier molecular flexibility index (Phi) is 4.77. The third kappa shape index (κ3) is 3.99. The number of benzene rings is 2. The van der Waals surface area contributed by atoms with Gasteiger partial charge in [0.1, 0.15) is 5.03 Å². The maximum absolute atomic E-state index is 4.38. The molecule has 0 fully saturated rings. The van der Waals surface area contributed by atoms with Crippen molar-refractivity contribution in [2.75, 3.05) is 0 Å². The van der Waals surface area contributed by atoms with Crippen molar-refractivity contribution in [1.82, 2.24) is 10.2 Å². The van der Waals surface area contributed by atoms with Crippen molar-refractivity contribution in [2.24, 2.45) is 0 Å². The molecule has 0 atom stereocenters. The van der Waals surface area contributed by atoms with Crippen LogP contribution in [0.4, 0.5) is 0 Å². The highest BCUT2D eigenvalue weighted by atomic mass is 32.2. The van der Waals surface area contributed by atoms with E-state index < -0.39 is 0 Å². The molecule has 0 bridgehead atoms. The second kappa shape index (κ2) is 6.97. The smallest absolute Gasteiger partial charge is 0.119 e. The lowest BCUT2D eigenvalue weighted by molar-refractivity contribution is 0.935. The van der Waals surface area contributed by atoms with E-state index in [-0.39, 0.29) is 0 Å². The molecule has 0 unspecified atom stereocenters. The third-order valence-electron chi connectivity index (χ3n) is 3.95. The molecule has 0 aliphatic carbocycles. The fraction of sp³-hybridized carbons (Fsp3) is 0.200. The predicted molar refractivity (Wildman–Crippen MR) is 97.7 cm³/mol. The summed E-state index contributed by atoms with van der Waals surface area (Å²) in [6, 6.07) is 19.1. The van der Waals surface area contributed by atoms with E-state index in [0.717, 1.165) is 22.0 Å². The number of aryl methyl sites for hydroxylation is 3. The monoisotopic (exact) mass is 320 g/mol. The van der Waals surface area contributed by atoms with Crippen molar-refractivity contribution in [3.63, 3.8) is 0 Å². The Labute approximate surface area is 142 Å². The molecule has 0 spiro atoms. The molecule has 0 saturated carbocycles. The molecular formula is C20H20N2S. The zero-order chi connectivity index (χ0) is 16.2. The highest BCUT2D eigenvalue weighted by Gasteiger charge is 2.04. The summed E-state index contributed by atoms with van der Waals surface area (Å²) in [5.41, 5.74) is 7.22. The zero-order valence-electron chi connectivity index (χ0n) is 13.7. The average molecular weight is 320 g/mol. The Morgan fingerprint density at radius 3 is 2.22 bits per heavy atom. The molecule has 1 heterocycles. The van der Waals surface area contributed by atoms with Crippen molar-refractivity contribution in [3.05, 3.63) is 76.9 Å². The van der Waals surface area contributed by atoms with Crippen molar-refractivity contribution >= 4 is 11.8 Å². The van der Waals surface area contributed by atoms with Crippen molar-refractivity contribution in [1.29, 1.82) is 0 Å². The van der Waals surface area contributed by atoms with Crippen molar-refractivity contribution in [3.8, 4) is 11.3 Å². The van der Waals surface area contributed by atoms with Gasteiger partial charge >= 0.3 is 0 Å². The van der Waals surface area contributed by atoms with Gasteiger partial charge in [-0.3, -0.25) is 0 Å². The van der Waals surface area contributed by atoms with Crippen LogP contribution >= 0.6 is 11.8 Å². The van der Waals surface area contributed by atoms with Gasteiger partial charge in [0.15, 0.2) is 0 Å². The van der Waals surface area contributed by atoms with Crippen LogP contribution in [0, 0.1) is 20.8 Å². The fourth-order valence-electron chi connectivity index (χ4n) is 2.29. The molecule has 0 saturated heterocycles. The molecule has 1 aromatic heterocycles. The molecular weight excluding hydrogens is 300 g/mol. The Balaban J connectivity index is 1.69. The van der Waals surface area contributed by atoms with E-state index in [9.17, 15) is 0 Å². The minimum absolute atomic E-state index is 0.915. The Morgan fingerprint density at radius 1 is 0.783 bits per heavy atom. The summed E-state index contributed by atoms with van der Waals surface area (Å²) in [5, 5.41) is 9.68. The quantitative estimate of drug-likeness (QED) is 0.605. The van der Waals surface area contributed by atoms with Crippen LogP contribution in [0.3, 0.4) is 0 Å². The second-order valence-electron chi connectivity index (χ2n) is 5.83. The fourth-order valence-corrected chi connectivity index (χ4v) is 3.06. The summed E-state index contributed by atoms with van der Waals surface area (Å²) >= 11 is 1.72. The molecule has 23 heavy (non-hydrogen) atoms. The van der Waals surface area contributed by atoms with Gasteiger partial charge in [0, 0.05) is 11.3 Å². The van der Waals surface area contributed by atoms with Crippen LogP contribution in [0.2, 0.25) is 0 Å². The van der Waals surface area contributed by atoms with Crippen molar-refractivity contribution in [2.45, 2.75) is 31.6 Å². The van der Waals surface area contributed by atoms with Gasteiger partial charge in [-0.05, 0) is 55.7 Å². The zero-order valence-corrected chi connectivity index (χ0v) is 14.5. The van der Waals surface area contributed by atoms with E-state index in [0.29, 0.717) is 0 Å². The first-order valence-electron chi connectivity index (χ1n) is 7.71. The lowest BCUT2D eigenvalue weighted by Crippen LogP contribution is -1.91. The van der Waals surface area contributed by atoms with Crippen LogP contribution in [-0.4, -0.2) is 10.2 Å². The molecule has 3 heteroatoms. The van der Waals surface area contributed by atoms with E-state index in [1.54, 1.807) is 11.8 Å². The summed E-state index contributed by atoms with van der Waals surface area (Å²) in [6.45, 7) is 6.35. The molecule has 3 rings (SSSR count). The normalized spacial score (nSPS) is 10.7. The number of thioether (sulfide) groups is 1. The number of nitrogens with zero attached hydrogens (tertiary/aromatic N) is 2. The van der Waals surface area contributed by atoms with E-state index in [2.05, 4.69) is 85.6 Å². The first kappa shape index (κ1) is 15.8. The molecule has 3 aromatic rings. The molecule has 0 N–H and O–H groups in total. The maximum Gasteiger partial charge on any atom is 0.119 e. The van der Waals surface area contributed by atoms with Crippen LogP contribution in [0.5, 0.6) is 0 Å². The van der Waals surface area contributed by atoms with Gasteiger partial charge in [0.05, 0.1) is 5.69 Å². The lowest BCUT2D eigenvalue weighted by atomic mass is 10.0. The predicted octanol–water partition coefficient (Wildman–Crippen LogP) is 5.36. The minimum atomic E-state index is 0.915. The summed E-state index contributed by atoms with van der Waals surface area (Å²) in [7, 11) is 0. The van der Waals surface area contributed by atoms with E-state index >= 15 is 0 Å². The molecule has 0 amide bonds. The second-order valence-corrected chi connectivity index (χ2v) is 6.83. The standard InChI is InChI=1S/C20H20N2S/c1-14-4-7-17(8-5-14)13-23-20-11-10-19(21-22-20)18-9-6-15(2)16(3)12-18/h4-12H,13H2,1-3H3. The number of hydrogen-bond donors (Lipinski definition) is 0. The van der Waals surface area contributed by atoms with Crippen LogP contribution in [0.15, 0.2) is 59.6 Å². The average Bonchev–Trinajstić information content (AvgIpc) is 2.57. The van der Waals surface area contributed by atoms with Gasteiger partial charge < -0.3 is 0 Å². The summed E-state index contributed by atoms with van der Waals surface area (Å²) in [4.78, 5) is 0. The number of aromatic nitrogens is 2. The number of hydrogen-bond acceptors (Lipinski definition) is 3. The highest BCUT2D eigenvalue weighted by Crippen LogP contribution is 2.24. The summed E-state index contributed by atoms with van der Waals surface area (Å²) in [6.07, 6.45) is 0. The van der Waals surface area contributed by atoms with E-state index in [4.69, 9.17) is 0 Å². The van der Waals surface area contributed by atoms with Crippen LogP contribution < -0.4 is 0 Å². The Bertz CT molecular complexity index is 793. The molecule has 2 aromatic carbocycles. The van der Waals surface area contributed by atoms with Gasteiger partial charge in [0.25, 0.3) is 0 Å². The van der Waals surface area contributed by atoms with E-state index in [1.165, 1.54) is 22.3 Å². The van der Waals surface area contributed by atoms with Gasteiger partial charge in [-0.25, -0.2) is 0 Å². The molecule has 0 radical (unpaired) electrons. The summed E-state index contributed by atoms with van der Waals surface area (Å²) in [5.74, 6) is 0.915. The molecule has 0 aliphatic heterocycles. The van der Waals surface area contributed by atoms with E-state index in [1.807, 2.05) is 0 Å². The van der Waals surface area contributed by atoms with Gasteiger partial charge in [-0.2, -0.15) is 0 Å². The Hall–Kier alpha value is -2.13. The first-order valence-corrected chi connectivity index (χ1v) is 8.70. The van der Waals surface area contributed by atoms with Crippen LogP contribution in [0.25, 0.3) is 11.3 Å². The molecule has 2 nitrogen and oxygen atoms in total. The highest BCUT2D eigenvalue weighted by molar-refractivity contribution is 7.98. The Morgan fingerprint density at radius 2 is 1.57 bits per heavy atom. The van der Waals surface area contributed by atoms with Crippen molar-refractivity contribution < 1.29 is 0 Å². The first-order chi connectivity index (χ1) is 11.1. The summed E-state index contributed by atoms with van der Waals surface area (Å²) < 4.78 is 0. The SMILES string of the molecule is Cc1ccc(CSc2ccc(-c3ccc(C)c(C)c3)nn2)cc1. The maximum atomic E-state index is 4.38. The minimum Gasteiger partial charge on any atom is -0.149 e. The topological polar surface area (TPSA) is 25.8 Å². The number of rotatable bonds is 4. The lowest BCUT2D eigenvalue weighted by Gasteiger charge is -2.05. The molecule has 0 aliphatic rings. The van der Waals surface area contributed by atoms with Crippen LogP contribution in [-0.2, 0) is 5.75 Å². The van der Waals surface area contributed by atoms with Gasteiger partial charge in [-0.15, -0.1) is 10.2 Å². The van der Waals surface area contributed by atoms with Gasteiger partial charge in [-0.1, -0.05) is 53.7 Å². The largest absolute Gasteiger partial charge is 0.149 e. The third-order valence-corrected chi connectivity index (χ3v) is 4.94. The van der Waals surface area contributed by atoms with Gasteiger partial charge in [0.2, 0.25) is 0 Å².